The molecule has 1 aromatic rings. The fraction of sp³-hybridized carbons (Fsp3) is 0.786. The Balaban J connectivity index is 1.99. The molecule has 0 aliphatic carbocycles. The van der Waals surface area contributed by atoms with Crippen molar-refractivity contribution in [2.45, 2.75) is 52.7 Å². The zero-order valence-corrected chi connectivity index (χ0v) is 13.0. The second-order valence-electron chi connectivity index (χ2n) is 5.63. The monoisotopic (exact) mass is 284 g/mol. The number of hydrogen-bond donors (Lipinski definition) is 1. The van der Waals surface area contributed by atoms with Crippen molar-refractivity contribution in [3.05, 3.63) is 16.4 Å². The molecule has 1 aliphatic heterocycles. The van der Waals surface area contributed by atoms with Gasteiger partial charge >= 0.3 is 0 Å². The molecule has 0 amide bonds. The lowest BCUT2D eigenvalue weighted by Crippen LogP contribution is -2.39. The van der Waals surface area contributed by atoms with Gasteiger partial charge in [-0.25, -0.2) is 0 Å². The SMILES string of the molecule is CCn1nc(C)c(Cl)c1CN1CCC(C(C)N)CC1. The van der Waals surface area contributed by atoms with Crippen molar-refractivity contribution in [2.24, 2.45) is 11.7 Å². The van der Waals surface area contributed by atoms with Crippen LogP contribution in [0, 0.1) is 12.8 Å². The van der Waals surface area contributed by atoms with Crippen LogP contribution in [-0.2, 0) is 13.1 Å². The van der Waals surface area contributed by atoms with Gasteiger partial charge in [-0.3, -0.25) is 9.58 Å². The molecule has 108 valence electrons. The van der Waals surface area contributed by atoms with Gasteiger partial charge in [-0.05, 0) is 52.6 Å². The van der Waals surface area contributed by atoms with Crippen LogP contribution in [0.3, 0.4) is 0 Å². The van der Waals surface area contributed by atoms with Crippen LogP contribution >= 0.6 is 11.6 Å². The summed E-state index contributed by atoms with van der Waals surface area (Å²) in [6.07, 6.45) is 2.38. The zero-order chi connectivity index (χ0) is 14.0. The quantitative estimate of drug-likeness (QED) is 0.924. The fourth-order valence-electron chi connectivity index (χ4n) is 2.87. The Bertz CT molecular complexity index is 419. The van der Waals surface area contributed by atoms with Crippen LogP contribution < -0.4 is 5.73 Å². The van der Waals surface area contributed by atoms with Gasteiger partial charge in [0.05, 0.1) is 16.4 Å². The number of halogens is 1. The van der Waals surface area contributed by atoms with E-state index >= 15 is 0 Å². The third-order valence-corrected chi connectivity index (χ3v) is 4.69. The van der Waals surface area contributed by atoms with Gasteiger partial charge in [0.15, 0.2) is 0 Å². The molecule has 0 aromatic carbocycles. The van der Waals surface area contributed by atoms with E-state index in [1.54, 1.807) is 0 Å². The van der Waals surface area contributed by atoms with Crippen LogP contribution in [0.5, 0.6) is 0 Å². The summed E-state index contributed by atoms with van der Waals surface area (Å²) in [5, 5.41) is 5.31. The van der Waals surface area contributed by atoms with Crippen molar-refractivity contribution in [1.29, 1.82) is 0 Å². The molecular weight excluding hydrogens is 260 g/mol. The number of hydrogen-bond acceptors (Lipinski definition) is 3. The van der Waals surface area contributed by atoms with E-state index in [0.717, 1.165) is 42.6 Å². The summed E-state index contributed by atoms with van der Waals surface area (Å²) in [6.45, 7) is 10.2. The van der Waals surface area contributed by atoms with Gasteiger partial charge in [0, 0.05) is 19.1 Å². The molecule has 1 aromatic heterocycles. The summed E-state index contributed by atoms with van der Waals surface area (Å²) in [7, 11) is 0. The van der Waals surface area contributed by atoms with Crippen LogP contribution in [-0.4, -0.2) is 33.8 Å². The average molecular weight is 285 g/mol. The molecule has 1 unspecified atom stereocenters. The lowest BCUT2D eigenvalue weighted by molar-refractivity contribution is 0.162. The predicted octanol–water partition coefficient (Wildman–Crippen LogP) is 2.42. The van der Waals surface area contributed by atoms with E-state index in [1.165, 1.54) is 12.8 Å². The van der Waals surface area contributed by atoms with Gasteiger partial charge < -0.3 is 5.73 Å². The van der Waals surface area contributed by atoms with Crippen molar-refractivity contribution in [1.82, 2.24) is 14.7 Å². The molecule has 5 heteroatoms. The number of nitrogens with two attached hydrogens (primary N) is 1. The number of likely N-dealkylation sites (tertiary alicyclic amines) is 1. The van der Waals surface area contributed by atoms with Gasteiger partial charge in [-0.2, -0.15) is 5.10 Å². The van der Waals surface area contributed by atoms with E-state index in [2.05, 4.69) is 23.8 Å². The Morgan fingerprint density at radius 2 is 2.05 bits per heavy atom. The number of aryl methyl sites for hydroxylation is 2. The average Bonchev–Trinajstić information content (AvgIpc) is 2.67. The summed E-state index contributed by atoms with van der Waals surface area (Å²) < 4.78 is 2.02. The van der Waals surface area contributed by atoms with E-state index in [-0.39, 0.29) is 0 Å². The fourth-order valence-corrected chi connectivity index (χ4v) is 3.06. The zero-order valence-electron chi connectivity index (χ0n) is 12.2. The van der Waals surface area contributed by atoms with Gasteiger partial charge in [-0.15, -0.1) is 0 Å². The summed E-state index contributed by atoms with van der Waals surface area (Å²) in [4.78, 5) is 2.47. The van der Waals surface area contributed by atoms with Gasteiger partial charge in [0.2, 0.25) is 0 Å². The van der Waals surface area contributed by atoms with Crippen molar-refractivity contribution in [3.8, 4) is 0 Å². The second-order valence-corrected chi connectivity index (χ2v) is 6.01. The molecule has 4 nitrogen and oxygen atoms in total. The highest BCUT2D eigenvalue weighted by molar-refractivity contribution is 6.31. The molecule has 1 aliphatic rings. The van der Waals surface area contributed by atoms with E-state index < -0.39 is 0 Å². The van der Waals surface area contributed by atoms with E-state index in [9.17, 15) is 0 Å². The third-order valence-electron chi connectivity index (χ3n) is 4.20. The van der Waals surface area contributed by atoms with Crippen LogP contribution in [0.2, 0.25) is 5.02 Å². The molecule has 2 heterocycles. The van der Waals surface area contributed by atoms with Gasteiger partial charge in [0.1, 0.15) is 0 Å². The van der Waals surface area contributed by atoms with Crippen molar-refractivity contribution in [2.75, 3.05) is 13.1 Å². The first-order valence-electron chi connectivity index (χ1n) is 7.22. The minimum absolute atomic E-state index is 0.314. The lowest BCUT2D eigenvalue weighted by atomic mass is 9.91. The van der Waals surface area contributed by atoms with Crippen molar-refractivity contribution in [3.63, 3.8) is 0 Å². The van der Waals surface area contributed by atoms with E-state index in [4.69, 9.17) is 17.3 Å². The Labute approximate surface area is 120 Å². The second kappa shape index (κ2) is 6.25. The minimum atomic E-state index is 0.314. The molecule has 0 saturated carbocycles. The first-order valence-corrected chi connectivity index (χ1v) is 7.60. The summed E-state index contributed by atoms with van der Waals surface area (Å²) in [6, 6.07) is 0.314. The van der Waals surface area contributed by atoms with Gasteiger partial charge in [-0.1, -0.05) is 11.6 Å². The van der Waals surface area contributed by atoms with Crippen LogP contribution in [0.4, 0.5) is 0 Å². The van der Waals surface area contributed by atoms with E-state index in [1.807, 2.05) is 11.6 Å². The van der Waals surface area contributed by atoms with Crippen molar-refractivity contribution < 1.29 is 0 Å². The molecule has 1 atom stereocenters. The molecule has 19 heavy (non-hydrogen) atoms. The molecule has 0 bridgehead atoms. The van der Waals surface area contributed by atoms with E-state index in [0.29, 0.717) is 12.0 Å². The maximum absolute atomic E-state index is 6.36. The number of rotatable bonds is 4. The number of aromatic nitrogens is 2. The van der Waals surface area contributed by atoms with Crippen LogP contribution in [0.15, 0.2) is 0 Å². The standard InChI is InChI=1S/C14H25ClN4/c1-4-19-13(14(15)11(3)17-19)9-18-7-5-12(6-8-18)10(2)16/h10,12H,4-9,16H2,1-3H3. The topological polar surface area (TPSA) is 47.1 Å². The predicted molar refractivity (Wildman–Crippen MR) is 79.3 cm³/mol. The highest BCUT2D eigenvalue weighted by Gasteiger charge is 2.23. The molecular formula is C14H25ClN4. The lowest BCUT2D eigenvalue weighted by Gasteiger charge is -2.33. The summed E-state index contributed by atoms with van der Waals surface area (Å²) in [5.41, 5.74) is 8.07. The Kier molecular flexibility index (Phi) is 4.87. The minimum Gasteiger partial charge on any atom is -0.328 e. The first-order chi connectivity index (χ1) is 9.02. The molecule has 1 fully saturated rings. The summed E-state index contributed by atoms with van der Waals surface area (Å²) >= 11 is 6.36. The number of piperidine rings is 1. The Morgan fingerprint density at radius 1 is 1.42 bits per heavy atom. The smallest absolute Gasteiger partial charge is 0.0860 e. The Hall–Kier alpha value is -0.580. The maximum atomic E-state index is 6.36. The molecule has 1 saturated heterocycles. The highest BCUT2D eigenvalue weighted by Crippen LogP contribution is 2.25. The largest absolute Gasteiger partial charge is 0.328 e. The Morgan fingerprint density at radius 3 is 2.58 bits per heavy atom. The molecule has 0 radical (unpaired) electrons. The summed E-state index contributed by atoms with van der Waals surface area (Å²) in [5.74, 6) is 0.671. The van der Waals surface area contributed by atoms with Crippen molar-refractivity contribution >= 4 is 11.6 Å². The normalized spacial score (nSPS) is 19.8. The third kappa shape index (κ3) is 3.30. The first kappa shape index (κ1) is 14.8. The van der Waals surface area contributed by atoms with Crippen LogP contribution in [0.25, 0.3) is 0 Å². The maximum Gasteiger partial charge on any atom is 0.0860 e. The number of nitrogens with zero attached hydrogens (tertiary/aromatic N) is 3. The highest BCUT2D eigenvalue weighted by atomic mass is 35.5. The van der Waals surface area contributed by atoms with Crippen LogP contribution in [0.1, 0.15) is 38.1 Å². The molecule has 0 spiro atoms. The molecule has 2 N–H and O–H groups in total. The molecule has 2 rings (SSSR count). The van der Waals surface area contributed by atoms with Gasteiger partial charge in [0.25, 0.3) is 0 Å².